The van der Waals surface area contributed by atoms with E-state index in [1.165, 1.54) is 0 Å². The summed E-state index contributed by atoms with van der Waals surface area (Å²) in [6.07, 6.45) is 4.36. The summed E-state index contributed by atoms with van der Waals surface area (Å²) in [7, 11) is 1.83. The van der Waals surface area contributed by atoms with Crippen molar-refractivity contribution in [2.75, 3.05) is 13.6 Å². The van der Waals surface area contributed by atoms with Gasteiger partial charge in [0.25, 0.3) is 5.91 Å². The van der Waals surface area contributed by atoms with Crippen molar-refractivity contribution in [2.24, 2.45) is 0 Å². The monoisotopic (exact) mass is 402 g/mol. The Morgan fingerprint density at radius 2 is 1.90 bits per heavy atom. The fourth-order valence-corrected chi connectivity index (χ4v) is 3.88. The Balaban J connectivity index is 1.56. The van der Waals surface area contributed by atoms with Gasteiger partial charge in [0.15, 0.2) is 0 Å². The van der Waals surface area contributed by atoms with Gasteiger partial charge in [-0.25, -0.2) is 0 Å². The molecule has 0 N–H and O–H groups in total. The zero-order valence-corrected chi connectivity index (χ0v) is 17.0. The molecule has 0 radical (unpaired) electrons. The van der Waals surface area contributed by atoms with Crippen LogP contribution in [0.3, 0.4) is 0 Å². The van der Waals surface area contributed by atoms with Crippen molar-refractivity contribution in [1.82, 2.24) is 19.7 Å². The lowest BCUT2D eigenvalue weighted by atomic mass is 10.2. The Morgan fingerprint density at radius 3 is 2.62 bits per heavy atom. The van der Waals surface area contributed by atoms with Crippen LogP contribution in [0.4, 0.5) is 0 Å². The van der Waals surface area contributed by atoms with E-state index >= 15 is 0 Å². The van der Waals surface area contributed by atoms with Crippen LogP contribution in [0.5, 0.6) is 0 Å². The van der Waals surface area contributed by atoms with Crippen LogP contribution >= 0.6 is 11.3 Å². The van der Waals surface area contributed by atoms with Gasteiger partial charge in [0, 0.05) is 38.1 Å². The highest BCUT2D eigenvalue weighted by Crippen LogP contribution is 2.27. The molecule has 0 aliphatic carbocycles. The standard InChI is InChI=1S/C23H22N4OS/c1-26(14-12-19-10-5-6-13-24-19)23(28)20-17-27(16-18-8-3-2-4-9-18)25-22(20)21-11-7-15-29-21/h2-11,13,15,17H,12,14,16H2,1H3. The number of hydrogen-bond donors (Lipinski definition) is 0. The molecule has 0 unspecified atom stereocenters. The molecule has 6 heteroatoms. The second-order valence-electron chi connectivity index (χ2n) is 6.85. The molecule has 0 aliphatic rings. The van der Waals surface area contributed by atoms with E-state index in [-0.39, 0.29) is 5.91 Å². The van der Waals surface area contributed by atoms with Crippen LogP contribution in [0.1, 0.15) is 21.6 Å². The number of nitrogens with zero attached hydrogens (tertiary/aromatic N) is 4. The first-order chi connectivity index (χ1) is 14.2. The average molecular weight is 403 g/mol. The molecule has 5 nitrogen and oxygen atoms in total. The Kier molecular flexibility index (Phi) is 5.81. The van der Waals surface area contributed by atoms with Crippen LogP contribution in [0.15, 0.2) is 78.4 Å². The Hall–Kier alpha value is -3.25. The minimum Gasteiger partial charge on any atom is -0.341 e. The van der Waals surface area contributed by atoms with Crippen molar-refractivity contribution in [3.63, 3.8) is 0 Å². The first kappa shape index (κ1) is 19.1. The molecule has 0 spiro atoms. The van der Waals surface area contributed by atoms with Gasteiger partial charge in [0.1, 0.15) is 5.69 Å². The molecule has 0 saturated heterocycles. The number of hydrogen-bond acceptors (Lipinski definition) is 4. The van der Waals surface area contributed by atoms with Crippen LogP contribution in [-0.2, 0) is 13.0 Å². The minimum absolute atomic E-state index is 0.0244. The highest BCUT2D eigenvalue weighted by Gasteiger charge is 2.21. The fourth-order valence-electron chi connectivity index (χ4n) is 3.16. The maximum Gasteiger partial charge on any atom is 0.257 e. The molecular weight excluding hydrogens is 380 g/mol. The number of thiophene rings is 1. The molecule has 3 heterocycles. The molecular formula is C23H22N4OS. The van der Waals surface area contributed by atoms with Crippen LogP contribution in [0.2, 0.25) is 0 Å². The molecule has 0 saturated carbocycles. The first-order valence-corrected chi connectivity index (χ1v) is 10.4. The lowest BCUT2D eigenvalue weighted by Gasteiger charge is -2.16. The van der Waals surface area contributed by atoms with Gasteiger partial charge in [0.05, 0.1) is 17.0 Å². The van der Waals surface area contributed by atoms with Gasteiger partial charge in [0.2, 0.25) is 0 Å². The summed E-state index contributed by atoms with van der Waals surface area (Å²) in [5.41, 5.74) is 3.50. The molecule has 1 aromatic carbocycles. The average Bonchev–Trinajstić information content (AvgIpc) is 3.43. The van der Waals surface area contributed by atoms with Gasteiger partial charge >= 0.3 is 0 Å². The van der Waals surface area contributed by atoms with Crippen molar-refractivity contribution in [3.8, 4) is 10.6 Å². The number of pyridine rings is 1. The number of benzene rings is 1. The summed E-state index contributed by atoms with van der Waals surface area (Å²) < 4.78 is 1.85. The van der Waals surface area contributed by atoms with E-state index in [0.29, 0.717) is 18.7 Å². The minimum atomic E-state index is -0.0244. The molecule has 0 aliphatic heterocycles. The summed E-state index contributed by atoms with van der Waals surface area (Å²) in [6, 6.07) is 20.0. The zero-order chi connectivity index (χ0) is 20.1. The first-order valence-electron chi connectivity index (χ1n) is 9.51. The van der Waals surface area contributed by atoms with Gasteiger partial charge in [-0.2, -0.15) is 5.10 Å². The van der Waals surface area contributed by atoms with E-state index in [4.69, 9.17) is 5.10 Å². The third kappa shape index (κ3) is 4.60. The Labute approximate surface area is 174 Å². The second kappa shape index (κ2) is 8.84. The molecule has 0 atom stereocenters. The molecule has 4 rings (SSSR count). The number of amides is 1. The van der Waals surface area contributed by atoms with Crippen LogP contribution in [-0.4, -0.2) is 39.2 Å². The Bertz CT molecular complexity index is 1060. The van der Waals surface area contributed by atoms with E-state index in [0.717, 1.165) is 28.2 Å². The zero-order valence-electron chi connectivity index (χ0n) is 16.2. The van der Waals surface area contributed by atoms with Crippen LogP contribution < -0.4 is 0 Å². The van der Waals surface area contributed by atoms with Crippen molar-refractivity contribution in [2.45, 2.75) is 13.0 Å². The van der Waals surface area contributed by atoms with Gasteiger partial charge in [-0.3, -0.25) is 14.5 Å². The number of rotatable bonds is 7. The predicted molar refractivity (Wildman–Crippen MR) is 116 cm³/mol. The molecule has 0 fully saturated rings. The summed E-state index contributed by atoms with van der Waals surface area (Å²) in [5.74, 6) is -0.0244. The molecule has 3 aromatic heterocycles. The molecule has 0 bridgehead atoms. The molecule has 1 amide bonds. The molecule has 146 valence electrons. The van der Waals surface area contributed by atoms with Gasteiger partial charge in [-0.1, -0.05) is 42.5 Å². The third-order valence-corrected chi connectivity index (χ3v) is 5.59. The van der Waals surface area contributed by atoms with Crippen LogP contribution in [0.25, 0.3) is 10.6 Å². The highest BCUT2D eigenvalue weighted by molar-refractivity contribution is 7.13. The van der Waals surface area contributed by atoms with Gasteiger partial charge in [-0.05, 0) is 29.1 Å². The van der Waals surface area contributed by atoms with E-state index < -0.39 is 0 Å². The van der Waals surface area contributed by atoms with E-state index in [1.807, 2.05) is 71.8 Å². The summed E-state index contributed by atoms with van der Waals surface area (Å²) in [5, 5.41) is 6.74. The van der Waals surface area contributed by atoms with E-state index in [2.05, 4.69) is 17.1 Å². The second-order valence-corrected chi connectivity index (χ2v) is 7.80. The predicted octanol–water partition coefficient (Wildman–Crippen LogP) is 4.37. The number of carbonyl (C=O) groups excluding carboxylic acids is 1. The lowest BCUT2D eigenvalue weighted by molar-refractivity contribution is 0.0797. The van der Waals surface area contributed by atoms with Gasteiger partial charge < -0.3 is 4.90 Å². The van der Waals surface area contributed by atoms with Crippen molar-refractivity contribution in [1.29, 1.82) is 0 Å². The normalized spacial score (nSPS) is 10.8. The Morgan fingerprint density at radius 1 is 1.07 bits per heavy atom. The number of likely N-dealkylation sites (N-methyl/N-ethyl adjacent to an activating group) is 1. The number of aromatic nitrogens is 3. The van der Waals surface area contributed by atoms with Crippen molar-refractivity contribution in [3.05, 3.63) is 95.3 Å². The quantitative estimate of drug-likeness (QED) is 0.461. The fraction of sp³-hybridized carbons (Fsp3) is 0.174. The smallest absolute Gasteiger partial charge is 0.257 e. The maximum atomic E-state index is 13.2. The van der Waals surface area contributed by atoms with Crippen molar-refractivity contribution < 1.29 is 4.79 Å². The third-order valence-electron chi connectivity index (χ3n) is 4.71. The van der Waals surface area contributed by atoms with E-state index in [1.54, 1.807) is 22.4 Å². The van der Waals surface area contributed by atoms with Crippen LogP contribution in [0, 0.1) is 0 Å². The van der Waals surface area contributed by atoms with E-state index in [9.17, 15) is 4.79 Å². The summed E-state index contributed by atoms with van der Waals surface area (Å²) in [4.78, 5) is 20.3. The topological polar surface area (TPSA) is 51.0 Å². The van der Waals surface area contributed by atoms with Crippen molar-refractivity contribution >= 4 is 17.2 Å². The lowest BCUT2D eigenvalue weighted by Crippen LogP contribution is -2.29. The highest BCUT2D eigenvalue weighted by atomic mass is 32.1. The summed E-state index contributed by atoms with van der Waals surface area (Å²) in [6.45, 7) is 1.23. The maximum absolute atomic E-state index is 13.2. The van der Waals surface area contributed by atoms with Gasteiger partial charge in [-0.15, -0.1) is 11.3 Å². The largest absolute Gasteiger partial charge is 0.341 e. The molecule has 29 heavy (non-hydrogen) atoms. The number of carbonyl (C=O) groups is 1. The molecule has 4 aromatic rings. The summed E-state index contributed by atoms with van der Waals surface area (Å²) >= 11 is 1.59. The SMILES string of the molecule is CN(CCc1ccccn1)C(=O)c1cn(Cc2ccccc2)nc1-c1cccs1.